The van der Waals surface area contributed by atoms with Crippen LogP contribution in [0, 0.1) is 0 Å². The van der Waals surface area contributed by atoms with Crippen molar-refractivity contribution in [1.29, 1.82) is 0 Å². The van der Waals surface area contributed by atoms with Gasteiger partial charge in [-0.2, -0.15) is 0 Å². The number of hydrogen-bond donors (Lipinski definition) is 1. The SMILES string of the molecule is NCCCCN1CCCN(CCCF)CC1. The molecule has 0 radical (unpaired) electrons. The van der Waals surface area contributed by atoms with Gasteiger partial charge in [0.2, 0.25) is 0 Å². The van der Waals surface area contributed by atoms with Gasteiger partial charge in [-0.1, -0.05) is 0 Å². The van der Waals surface area contributed by atoms with E-state index in [9.17, 15) is 4.39 Å². The largest absolute Gasteiger partial charge is 0.330 e. The number of unbranched alkanes of at least 4 members (excludes halogenated alkanes) is 1. The molecule has 1 heterocycles. The van der Waals surface area contributed by atoms with Crippen LogP contribution in [0.15, 0.2) is 0 Å². The quantitative estimate of drug-likeness (QED) is 0.666. The second-order valence-electron chi connectivity index (χ2n) is 4.58. The number of nitrogens with zero attached hydrogens (tertiary/aromatic N) is 2. The lowest BCUT2D eigenvalue weighted by atomic mass is 10.3. The zero-order valence-corrected chi connectivity index (χ0v) is 10.3. The first-order valence-corrected chi connectivity index (χ1v) is 6.57. The van der Waals surface area contributed by atoms with Crippen LogP contribution in [0.2, 0.25) is 0 Å². The van der Waals surface area contributed by atoms with Crippen LogP contribution < -0.4 is 5.73 Å². The standard InChI is InChI=1S/C12H26FN3/c13-5-3-8-16-10-4-9-15(11-12-16)7-2-1-6-14/h1-12,14H2. The highest BCUT2D eigenvalue weighted by Crippen LogP contribution is 2.05. The molecule has 4 heteroatoms. The molecular formula is C12H26FN3. The molecule has 1 rings (SSSR count). The van der Waals surface area contributed by atoms with E-state index in [0.29, 0.717) is 6.42 Å². The number of rotatable bonds is 7. The maximum atomic E-state index is 12.1. The predicted octanol–water partition coefficient (Wildman–Crippen LogP) is 1.09. The van der Waals surface area contributed by atoms with E-state index in [1.807, 2.05) is 0 Å². The summed E-state index contributed by atoms with van der Waals surface area (Å²) in [5.41, 5.74) is 5.49. The molecule has 0 atom stereocenters. The van der Waals surface area contributed by atoms with Crippen LogP contribution in [0.4, 0.5) is 4.39 Å². The average molecular weight is 231 g/mol. The smallest absolute Gasteiger partial charge is 0.0906 e. The van der Waals surface area contributed by atoms with E-state index >= 15 is 0 Å². The highest BCUT2D eigenvalue weighted by atomic mass is 19.1. The molecular weight excluding hydrogens is 205 g/mol. The zero-order chi connectivity index (χ0) is 11.6. The van der Waals surface area contributed by atoms with Gasteiger partial charge in [-0.25, -0.2) is 0 Å². The van der Waals surface area contributed by atoms with Gasteiger partial charge < -0.3 is 15.5 Å². The Labute approximate surface area is 98.8 Å². The van der Waals surface area contributed by atoms with Crippen molar-refractivity contribution in [3.8, 4) is 0 Å². The Morgan fingerprint density at radius 3 is 2.06 bits per heavy atom. The molecule has 1 saturated heterocycles. The van der Waals surface area contributed by atoms with Crippen LogP contribution in [0.5, 0.6) is 0 Å². The fourth-order valence-electron chi connectivity index (χ4n) is 2.23. The van der Waals surface area contributed by atoms with Gasteiger partial charge >= 0.3 is 0 Å². The molecule has 0 aliphatic carbocycles. The summed E-state index contributed by atoms with van der Waals surface area (Å²) in [4.78, 5) is 4.91. The molecule has 0 bridgehead atoms. The third kappa shape index (κ3) is 5.77. The Morgan fingerprint density at radius 1 is 0.875 bits per heavy atom. The maximum absolute atomic E-state index is 12.1. The first-order chi connectivity index (χ1) is 7.86. The molecule has 0 unspecified atom stereocenters. The van der Waals surface area contributed by atoms with Crippen molar-refractivity contribution in [2.45, 2.75) is 25.7 Å². The third-order valence-corrected chi connectivity index (χ3v) is 3.22. The van der Waals surface area contributed by atoms with Crippen molar-refractivity contribution in [1.82, 2.24) is 9.80 Å². The van der Waals surface area contributed by atoms with Crippen molar-refractivity contribution in [3.05, 3.63) is 0 Å². The molecule has 3 nitrogen and oxygen atoms in total. The summed E-state index contributed by atoms with van der Waals surface area (Å²) >= 11 is 0. The minimum Gasteiger partial charge on any atom is -0.330 e. The van der Waals surface area contributed by atoms with Gasteiger partial charge in [-0.3, -0.25) is 4.39 Å². The number of halogens is 1. The lowest BCUT2D eigenvalue weighted by Crippen LogP contribution is -2.32. The van der Waals surface area contributed by atoms with Gasteiger partial charge in [0.25, 0.3) is 0 Å². The van der Waals surface area contributed by atoms with Crippen LogP contribution in [0.3, 0.4) is 0 Å². The van der Waals surface area contributed by atoms with Gasteiger partial charge in [0.05, 0.1) is 6.67 Å². The van der Waals surface area contributed by atoms with Crippen molar-refractivity contribution >= 4 is 0 Å². The molecule has 0 spiro atoms. The number of hydrogen-bond acceptors (Lipinski definition) is 3. The highest BCUT2D eigenvalue weighted by Gasteiger charge is 2.13. The van der Waals surface area contributed by atoms with Crippen molar-refractivity contribution in [3.63, 3.8) is 0 Å². The van der Waals surface area contributed by atoms with Crippen molar-refractivity contribution in [2.24, 2.45) is 5.73 Å². The third-order valence-electron chi connectivity index (χ3n) is 3.22. The fraction of sp³-hybridized carbons (Fsp3) is 1.00. The van der Waals surface area contributed by atoms with Crippen LogP contribution in [0.25, 0.3) is 0 Å². The molecule has 0 aromatic carbocycles. The maximum Gasteiger partial charge on any atom is 0.0906 e. The molecule has 16 heavy (non-hydrogen) atoms. The summed E-state index contributed by atoms with van der Waals surface area (Å²) in [5.74, 6) is 0. The van der Waals surface area contributed by atoms with E-state index in [4.69, 9.17) is 5.73 Å². The molecule has 0 aromatic heterocycles. The summed E-state index contributed by atoms with van der Waals surface area (Å²) in [6, 6.07) is 0. The van der Waals surface area contributed by atoms with Gasteiger partial charge in [0.1, 0.15) is 0 Å². The van der Waals surface area contributed by atoms with Gasteiger partial charge in [-0.05, 0) is 51.9 Å². The summed E-state index contributed by atoms with van der Waals surface area (Å²) in [7, 11) is 0. The zero-order valence-electron chi connectivity index (χ0n) is 10.3. The molecule has 0 aromatic rings. The Kier molecular flexibility index (Phi) is 7.72. The van der Waals surface area contributed by atoms with Crippen LogP contribution in [0.1, 0.15) is 25.7 Å². The van der Waals surface area contributed by atoms with Gasteiger partial charge in [0.15, 0.2) is 0 Å². The number of alkyl halides is 1. The second kappa shape index (κ2) is 8.90. The second-order valence-corrected chi connectivity index (χ2v) is 4.58. The first-order valence-electron chi connectivity index (χ1n) is 6.57. The summed E-state index contributed by atoms with van der Waals surface area (Å²) in [5, 5.41) is 0. The molecule has 0 saturated carbocycles. The fourth-order valence-corrected chi connectivity index (χ4v) is 2.23. The molecule has 96 valence electrons. The van der Waals surface area contributed by atoms with Crippen LogP contribution in [-0.4, -0.2) is 62.3 Å². The van der Waals surface area contributed by atoms with Gasteiger partial charge in [-0.15, -0.1) is 0 Å². The Morgan fingerprint density at radius 2 is 1.50 bits per heavy atom. The topological polar surface area (TPSA) is 32.5 Å². The predicted molar refractivity (Wildman–Crippen MR) is 66.4 cm³/mol. The van der Waals surface area contributed by atoms with E-state index < -0.39 is 0 Å². The van der Waals surface area contributed by atoms with Crippen molar-refractivity contribution in [2.75, 3.05) is 52.5 Å². The average Bonchev–Trinajstić information content (AvgIpc) is 2.52. The summed E-state index contributed by atoms with van der Waals surface area (Å²) < 4.78 is 12.1. The van der Waals surface area contributed by atoms with E-state index in [1.54, 1.807) is 0 Å². The lowest BCUT2D eigenvalue weighted by Gasteiger charge is -2.21. The van der Waals surface area contributed by atoms with Gasteiger partial charge in [0, 0.05) is 19.6 Å². The molecule has 0 amide bonds. The Hall–Kier alpha value is -0.190. The molecule has 1 fully saturated rings. The number of nitrogens with two attached hydrogens (primary N) is 1. The molecule has 1 aliphatic heterocycles. The first kappa shape index (κ1) is 13.9. The Balaban J connectivity index is 2.13. The highest BCUT2D eigenvalue weighted by molar-refractivity contribution is 4.69. The summed E-state index contributed by atoms with van der Waals surface area (Å²) in [6.07, 6.45) is 4.24. The Bertz CT molecular complexity index is 166. The van der Waals surface area contributed by atoms with Crippen LogP contribution in [-0.2, 0) is 0 Å². The molecule has 1 aliphatic rings. The van der Waals surface area contributed by atoms with E-state index in [1.165, 1.54) is 25.9 Å². The van der Waals surface area contributed by atoms with E-state index in [0.717, 1.165) is 39.1 Å². The molecule has 2 N–H and O–H groups in total. The summed E-state index contributed by atoms with van der Waals surface area (Å²) in [6.45, 7) is 7.28. The van der Waals surface area contributed by atoms with Crippen molar-refractivity contribution < 1.29 is 4.39 Å². The lowest BCUT2D eigenvalue weighted by molar-refractivity contribution is 0.246. The monoisotopic (exact) mass is 231 g/mol. The minimum absolute atomic E-state index is 0.184. The van der Waals surface area contributed by atoms with E-state index in [2.05, 4.69) is 9.80 Å². The minimum atomic E-state index is -0.184. The van der Waals surface area contributed by atoms with Crippen LogP contribution >= 0.6 is 0 Å². The van der Waals surface area contributed by atoms with E-state index in [-0.39, 0.29) is 6.67 Å². The normalized spacial score (nSPS) is 19.9.